The third-order valence-corrected chi connectivity index (χ3v) is 5.41. The maximum absolute atomic E-state index is 6.16. The van der Waals surface area contributed by atoms with Crippen molar-refractivity contribution in [3.63, 3.8) is 0 Å². The summed E-state index contributed by atoms with van der Waals surface area (Å²) in [7, 11) is 0. The second-order valence-corrected chi connectivity index (χ2v) is 6.51. The molecule has 1 aromatic carbocycles. The van der Waals surface area contributed by atoms with Crippen LogP contribution in [-0.4, -0.2) is 43.3 Å². The van der Waals surface area contributed by atoms with Gasteiger partial charge in [-0.25, -0.2) is 0 Å². The van der Waals surface area contributed by atoms with E-state index in [1.54, 1.807) is 5.57 Å². The van der Waals surface area contributed by atoms with Crippen LogP contribution in [0.5, 0.6) is 0 Å². The van der Waals surface area contributed by atoms with E-state index < -0.39 is 0 Å². The molecule has 1 heterocycles. The zero-order valence-electron chi connectivity index (χ0n) is 13.9. The van der Waals surface area contributed by atoms with Gasteiger partial charge < -0.3 is 9.47 Å². The van der Waals surface area contributed by atoms with Crippen LogP contribution in [0.4, 0.5) is 0 Å². The molecule has 122 valence electrons. The topological polar surface area (TPSA) is 21.7 Å². The average molecular weight is 311 g/mol. The van der Waals surface area contributed by atoms with Crippen molar-refractivity contribution in [2.75, 3.05) is 32.9 Å². The van der Waals surface area contributed by atoms with Gasteiger partial charge in [0.15, 0.2) is 0 Å². The molecule has 0 bridgehead atoms. The lowest BCUT2D eigenvalue weighted by Crippen LogP contribution is -2.53. The Balaban J connectivity index is 1.81. The SMILES string of the molecule is CCOC1=CC(c2ccccc2)=C2CCCC12N1CCOCC1. The summed E-state index contributed by atoms with van der Waals surface area (Å²) in [6.45, 7) is 6.46. The minimum Gasteiger partial charge on any atom is -0.496 e. The molecule has 1 atom stereocenters. The Morgan fingerprint density at radius 1 is 1.17 bits per heavy atom. The lowest BCUT2D eigenvalue weighted by atomic mass is 9.89. The second kappa shape index (κ2) is 6.14. The molecule has 0 aromatic heterocycles. The monoisotopic (exact) mass is 311 g/mol. The number of hydrogen-bond acceptors (Lipinski definition) is 3. The van der Waals surface area contributed by atoms with Crippen molar-refractivity contribution < 1.29 is 9.47 Å². The summed E-state index contributed by atoms with van der Waals surface area (Å²) in [6, 6.07) is 10.8. The molecule has 0 spiro atoms. The summed E-state index contributed by atoms with van der Waals surface area (Å²) in [4.78, 5) is 2.61. The molecule has 1 aliphatic heterocycles. The summed E-state index contributed by atoms with van der Waals surface area (Å²) in [5.41, 5.74) is 4.26. The molecule has 2 aliphatic carbocycles. The van der Waals surface area contributed by atoms with Crippen LogP contribution in [0.2, 0.25) is 0 Å². The molecule has 1 saturated heterocycles. The molecule has 0 radical (unpaired) electrons. The first kappa shape index (κ1) is 15.0. The van der Waals surface area contributed by atoms with Gasteiger partial charge in [0.2, 0.25) is 0 Å². The third-order valence-electron chi connectivity index (χ3n) is 5.41. The minimum absolute atomic E-state index is 0.00896. The lowest BCUT2D eigenvalue weighted by Gasteiger charge is -2.43. The average Bonchev–Trinajstić information content (AvgIpc) is 3.17. The molecule has 3 nitrogen and oxygen atoms in total. The Labute approximate surface area is 138 Å². The highest BCUT2D eigenvalue weighted by atomic mass is 16.5. The molecule has 1 aromatic rings. The quantitative estimate of drug-likeness (QED) is 0.847. The summed E-state index contributed by atoms with van der Waals surface area (Å²) in [5.74, 6) is 1.16. The largest absolute Gasteiger partial charge is 0.496 e. The maximum atomic E-state index is 6.16. The van der Waals surface area contributed by atoms with Crippen LogP contribution in [0.15, 0.2) is 47.7 Å². The molecule has 3 aliphatic rings. The molecule has 1 unspecified atom stereocenters. The molecule has 0 amide bonds. The smallest absolute Gasteiger partial charge is 0.121 e. The Morgan fingerprint density at radius 2 is 1.96 bits per heavy atom. The van der Waals surface area contributed by atoms with Gasteiger partial charge in [-0.1, -0.05) is 30.3 Å². The summed E-state index contributed by atoms with van der Waals surface area (Å²) in [6.07, 6.45) is 5.90. The highest BCUT2D eigenvalue weighted by molar-refractivity contribution is 5.84. The Bertz CT molecular complexity index is 628. The molecular weight excluding hydrogens is 286 g/mol. The highest BCUT2D eigenvalue weighted by Gasteiger charge is 2.52. The molecule has 4 rings (SSSR count). The van der Waals surface area contributed by atoms with E-state index in [1.807, 2.05) is 0 Å². The fraction of sp³-hybridized carbons (Fsp3) is 0.500. The van der Waals surface area contributed by atoms with Crippen LogP contribution in [-0.2, 0) is 9.47 Å². The first-order valence-electron chi connectivity index (χ1n) is 8.83. The number of allylic oxidation sites excluding steroid dienone is 2. The fourth-order valence-corrected chi connectivity index (χ4v) is 4.49. The Hall–Kier alpha value is -1.58. The van der Waals surface area contributed by atoms with Gasteiger partial charge in [0.25, 0.3) is 0 Å². The summed E-state index contributed by atoms with van der Waals surface area (Å²) < 4.78 is 11.8. The molecule has 1 saturated carbocycles. The predicted molar refractivity (Wildman–Crippen MR) is 92.0 cm³/mol. The van der Waals surface area contributed by atoms with E-state index in [2.05, 4.69) is 48.2 Å². The van der Waals surface area contributed by atoms with Crippen molar-refractivity contribution in [1.82, 2.24) is 4.90 Å². The van der Waals surface area contributed by atoms with Gasteiger partial charge in [-0.3, -0.25) is 4.90 Å². The number of fused-ring (bicyclic) bond motifs is 1. The number of nitrogens with zero attached hydrogens (tertiary/aromatic N) is 1. The van der Waals surface area contributed by atoms with Gasteiger partial charge in [0.1, 0.15) is 11.3 Å². The van der Waals surface area contributed by atoms with E-state index in [4.69, 9.17) is 9.47 Å². The van der Waals surface area contributed by atoms with Gasteiger partial charge >= 0.3 is 0 Å². The standard InChI is InChI=1S/C20H25NO2/c1-2-23-19-15-17(16-7-4-3-5-8-16)18-9-6-10-20(18,19)21-11-13-22-14-12-21/h3-5,7-8,15H,2,6,9-14H2,1H3. The van der Waals surface area contributed by atoms with Crippen molar-refractivity contribution in [2.45, 2.75) is 31.7 Å². The van der Waals surface area contributed by atoms with E-state index in [0.29, 0.717) is 0 Å². The van der Waals surface area contributed by atoms with Crippen LogP contribution in [0, 0.1) is 0 Å². The molecule has 2 fully saturated rings. The highest BCUT2D eigenvalue weighted by Crippen LogP contribution is 2.53. The maximum Gasteiger partial charge on any atom is 0.121 e. The van der Waals surface area contributed by atoms with Crippen LogP contribution in [0.25, 0.3) is 5.57 Å². The zero-order chi connectivity index (χ0) is 15.7. The van der Waals surface area contributed by atoms with E-state index in [0.717, 1.165) is 38.7 Å². The van der Waals surface area contributed by atoms with Gasteiger partial charge in [0.05, 0.1) is 19.8 Å². The van der Waals surface area contributed by atoms with E-state index in [-0.39, 0.29) is 5.54 Å². The van der Waals surface area contributed by atoms with E-state index in [9.17, 15) is 0 Å². The van der Waals surface area contributed by atoms with Crippen molar-refractivity contribution >= 4 is 5.57 Å². The van der Waals surface area contributed by atoms with E-state index >= 15 is 0 Å². The van der Waals surface area contributed by atoms with Crippen LogP contribution in [0.3, 0.4) is 0 Å². The Kier molecular flexibility index (Phi) is 4.00. The van der Waals surface area contributed by atoms with Crippen molar-refractivity contribution in [3.8, 4) is 0 Å². The molecule has 23 heavy (non-hydrogen) atoms. The third kappa shape index (κ3) is 2.34. The number of ether oxygens (including phenoxy) is 2. The van der Waals surface area contributed by atoms with Crippen molar-refractivity contribution in [2.24, 2.45) is 0 Å². The van der Waals surface area contributed by atoms with Crippen LogP contribution >= 0.6 is 0 Å². The molecular formula is C20H25NO2. The summed E-state index contributed by atoms with van der Waals surface area (Å²) in [5, 5.41) is 0. The normalized spacial score (nSPS) is 28.0. The number of morpholine rings is 1. The molecule has 3 heteroatoms. The number of benzene rings is 1. The first-order chi connectivity index (χ1) is 11.4. The number of hydrogen-bond donors (Lipinski definition) is 0. The second-order valence-electron chi connectivity index (χ2n) is 6.51. The van der Waals surface area contributed by atoms with Gasteiger partial charge in [-0.05, 0) is 49.0 Å². The Morgan fingerprint density at radius 3 is 2.70 bits per heavy atom. The predicted octanol–water partition coefficient (Wildman–Crippen LogP) is 3.63. The number of rotatable bonds is 4. The zero-order valence-corrected chi connectivity index (χ0v) is 13.9. The van der Waals surface area contributed by atoms with Crippen molar-refractivity contribution in [1.29, 1.82) is 0 Å². The first-order valence-corrected chi connectivity index (χ1v) is 8.83. The van der Waals surface area contributed by atoms with Crippen molar-refractivity contribution in [3.05, 3.63) is 53.3 Å². The van der Waals surface area contributed by atoms with Gasteiger partial charge in [0, 0.05) is 13.1 Å². The minimum atomic E-state index is -0.00896. The molecule has 0 N–H and O–H groups in total. The lowest BCUT2D eigenvalue weighted by molar-refractivity contribution is -0.0133. The van der Waals surface area contributed by atoms with Gasteiger partial charge in [-0.2, -0.15) is 0 Å². The summed E-state index contributed by atoms with van der Waals surface area (Å²) >= 11 is 0. The van der Waals surface area contributed by atoms with E-state index in [1.165, 1.54) is 30.4 Å². The fourth-order valence-electron chi connectivity index (χ4n) is 4.49. The van der Waals surface area contributed by atoms with Gasteiger partial charge in [-0.15, -0.1) is 0 Å². The van der Waals surface area contributed by atoms with Crippen LogP contribution < -0.4 is 0 Å². The van der Waals surface area contributed by atoms with Crippen LogP contribution in [0.1, 0.15) is 31.7 Å².